The lowest BCUT2D eigenvalue weighted by Gasteiger charge is -2.20. The molecule has 0 aromatic rings. The number of rotatable bonds is 12. The van der Waals surface area contributed by atoms with E-state index in [1.807, 2.05) is 0 Å². The average molecular weight is 351 g/mol. The zero-order valence-corrected chi connectivity index (χ0v) is 13.5. The molecule has 0 amide bonds. The fourth-order valence-corrected chi connectivity index (χ4v) is 2.37. The Morgan fingerprint density at radius 2 is 1.62 bits per heavy atom. The molecule has 0 saturated carbocycles. The van der Waals surface area contributed by atoms with Crippen LogP contribution in [0.15, 0.2) is 22.7 Å². The largest absolute Gasteiger partial charge is 0.489 e. The Morgan fingerprint density at radius 3 is 2.25 bits per heavy atom. The number of hydrogen-bond donors (Lipinski definition) is 1. The summed E-state index contributed by atoms with van der Waals surface area (Å²) >= 11 is 0. The summed E-state index contributed by atoms with van der Waals surface area (Å²) in [5.41, 5.74) is -1.16. The van der Waals surface area contributed by atoms with Crippen LogP contribution in [0.2, 0.25) is 0 Å². The summed E-state index contributed by atoms with van der Waals surface area (Å²) in [6.45, 7) is -6.38. The second kappa shape index (κ2) is 11.0. The molecule has 0 unspecified atom stereocenters. The molecular weight excluding hydrogens is 308 g/mol. The Bertz CT molecular complexity index is 894. The third-order valence-corrected chi connectivity index (χ3v) is 3.60. The molecule has 1 aliphatic rings. The van der Waals surface area contributed by atoms with Gasteiger partial charge in [-0.05, 0) is 26.1 Å². The Kier molecular flexibility index (Phi) is 3.98. The molecule has 5 heteroatoms. The van der Waals surface area contributed by atoms with E-state index in [9.17, 15) is 14.7 Å². The van der Waals surface area contributed by atoms with Crippen molar-refractivity contribution in [2.75, 3.05) is 20.7 Å². The van der Waals surface area contributed by atoms with Gasteiger partial charge in [0.25, 0.3) is 0 Å². The van der Waals surface area contributed by atoms with Crippen molar-refractivity contribution in [3.05, 3.63) is 22.7 Å². The van der Waals surface area contributed by atoms with Gasteiger partial charge in [-0.1, -0.05) is 38.5 Å². The number of unbranched alkanes of at least 4 members (excludes halogenated alkanes) is 4. The van der Waals surface area contributed by atoms with Crippen LogP contribution in [0.3, 0.4) is 0 Å². The third-order valence-electron chi connectivity index (χ3n) is 3.60. The van der Waals surface area contributed by atoms with Crippen LogP contribution in [0.5, 0.6) is 0 Å². The van der Waals surface area contributed by atoms with E-state index in [4.69, 9.17) is 21.2 Å². The summed E-state index contributed by atoms with van der Waals surface area (Å²) < 4.78 is 98.8. The first-order chi connectivity index (χ1) is 16.1. The van der Waals surface area contributed by atoms with Crippen LogP contribution in [-0.2, 0) is 19.1 Å². The zero-order valence-electron chi connectivity index (χ0n) is 25.5. The standard InChI is InChI=1S/C19H30O5/c1-14-15(12-10-8-6-4-5-7-9-11-13-20)17(22)19(24-3)18(23-2)16(14)21/h20H,4-13H2,1-3H3/i1D3,2D3,9D2,11D2,13D2. The first kappa shape index (κ1) is 8.65. The van der Waals surface area contributed by atoms with Crippen LogP contribution in [0, 0.1) is 0 Å². The van der Waals surface area contributed by atoms with Gasteiger partial charge < -0.3 is 14.6 Å². The molecule has 24 heavy (non-hydrogen) atoms. The number of Topliss-reactive ketones (excluding diaryl/α,β-unsaturated/α-hetero) is 2. The van der Waals surface area contributed by atoms with Gasteiger partial charge in [0.05, 0.1) is 21.0 Å². The lowest BCUT2D eigenvalue weighted by atomic mass is 9.89. The Balaban J connectivity index is 2.84. The quantitative estimate of drug-likeness (QED) is 0.431. The summed E-state index contributed by atoms with van der Waals surface area (Å²) in [7, 11) is -2.10. The lowest BCUT2D eigenvalue weighted by Crippen LogP contribution is -2.25. The van der Waals surface area contributed by atoms with Gasteiger partial charge in [-0.15, -0.1) is 0 Å². The summed E-state index contributed by atoms with van der Waals surface area (Å²) in [6, 6.07) is 0. The van der Waals surface area contributed by atoms with Gasteiger partial charge >= 0.3 is 0 Å². The van der Waals surface area contributed by atoms with E-state index in [1.54, 1.807) is 0 Å². The number of carbonyl (C=O) groups excluding carboxylic acids is 2. The zero-order chi connectivity index (χ0) is 28.3. The van der Waals surface area contributed by atoms with Gasteiger partial charge in [0.15, 0.2) is 0 Å². The molecule has 0 aromatic heterocycles. The smallest absolute Gasteiger partial charge is 0.228 e. The number of ketones is 2. The van der Waals surface area contributed by atoms with Crippen molar-refractivity contribution in [2.24, 2.45) is 0 Å². The van der Waals surface area contributed by atoms with Gasteiger partial charge in [0.1, 0.15) is 0 Å². The first-order valence-electron chi connectivity index (χ1n) is 13.6. The maximum absolute atomic E-state index is 12.9. The Labute approximate surface area is 161 Å². The van der Waals surface area contributed by atoms with Crippen molar-refractivity contribution in [3.8, 4) is 0 Å². The SMILES string of the molecule is [2H]C([2H])([2H])OC1=C(OC)C(=O)C(CCCCCCCC([2H])([2H])C([2H])([2H])C([2H])([2H])O)=C(C([2H])([2H])[2H])C1=O. The Morgan fingerprint density at radius 1 is 0.958 bits per heavy atom. The molecule has 0 spiro atoms. The molecule has 136 valence electrons. The lowest BCUT2D eigenvalue weighted by molar-refractivity contribution is -0.121. The van der Waals surface area contributed by atoms with Gasteiger partial charge in [-0.3, -0.25) is 9.59 Å². The number of ether oxygens (including phenoxy) is 2. The average Bonchev–Trinajstić information content (AvgIpc) is 2.67. The molecule has 0 fully saturated rings. The van der Waals surface area contributed by atoms with Crippen molar-refractivity contribution < 1.29 is 40.6 Å². The predicted octanol–water partition coefficient (Wildman–Crippen LogP) is 3.46. The van der Waals surface area contributed by atoms with Crippen LogP contribution in [-0.4, -0.2) is 37.4 Å². The Hall–Kier alpha value is -1.62. The molecular formula is C19H30O5. The fraction of sp³-hybridized carbons (Fsp3) is 0.684. The number of methoxy groups -OCH3 is 2. The van der Waals surface area contributed by atoms with E-state index in [0.29, 0.717) is 19.3 Å². The predicted molar refractivity (Wildman–Crippen MR) is 92.4 cm³/mol. The highest BCUT2D eigenvalue weighted by molar-refractivity contribution is 6.23. The summed E-state index contributed by atoms with van der Waals surface area (Å²) in [6.07, 6.45) is -4.48. The van der Waals surface area contributed by atoms with Gasteiger partial charge in [-0.2, -0.15) is 0 Å². The van der Waals surface area contributed by atoms with Crippen molar-refractivity contribution in [2.45, 2.75) is 64.5 Å². The maximum Gasteiger partial charge on any atom is 0.228 e. The summed E-state index contributed by atoms with van der Waals surface area (Å²) in [5, 5.41) is 9.28. The molecule has 5 nitrogen and oxygen atoms in total. The van der Waals surface area contributed by atoms with Crippen LogP contribution < -0.4 is 0 Å². The highest BCUT2D eigenvalue weighted by atomic mass is 16.5. The van der Waals surface area contributed by atoms with E-state index in [1.165, 1.54) is 0 Å². The molecule has 0 aliphatic heterocycles. The second-order valence-electron chi connectivity index (χ2n) is 5.16. The second-order valence-corrected chi connectivity index (χ2v) is 5.16. The van der Waals surface area contributed by atoms with Crippen LogP contribution in [0.4, 0.5) is 0 Å². The summed E-state index contributed by atoms with van der Waals surface area (Å²) in [4.78, 5) is 25.7. The van der Waals surface area contributed by atoms with E-state index in [-0.39, 0.29) is 31.3 Å². The van der Waals surface area contributed by atoms with Gasteiger partial charge in [0.2, 0.25) is 23.1 Å². The molecule has 0 saturated heterocycles. The van der Waals surface area contributed by atoms with Crippen LogP contribution >= 0.6 is 0 Å². The third kappa shape index (κ3) is 5.48. The van der Waals surface area contributed by atoms with E-state index in [0.717, 1.165) is 7.11 Å². The van der Waals surface area contributed by atoms with Crippen LogP contribution in [0.1, 0.15) is 81.0 Å². The normalized spacial score (nSPS) is 25.6. The number of carbonyl (C=O) groups is 2. The van der Waals surface area contributed by atoms with E-state index in [2.05, 4.69) is 4.74 Å². The number of hydrogen-bond acceptors (Lipinski definition) is 5. The molecule has 0 bridgehead atoms. The molecule has 1 rings (SSSR count). The number of aliphatic hydroxyl groups is 1. The van der Waals surface area contributed by atoms with Crippen molar-refractivity contribution in [3.63, 3.8) is 0 Å². The van der Waals surface area contributed by atoms with E-state index >= 15 is 0 Å². The molecule has 0 radical (unpaired) electrons. The molecule has 1 N–H and O–H groups in total. The van der Waals surface area contributed by atoms with Crippen molar-refractivity contribution in [1.82, 2.24) is 0 Å². The number of allylic oxidation sites excluding steroid dienone is 2. The van der Waals surface area contributed by atoms with Crippen molar-refractivity contribution in [1.29, 1.82) is 0 Å². The minimum absolute atomic E-state index is 0.125. The highest BCUT2D eigenvalue weighted by Crippen LogP contribution is 2.28. The molecule has 0 atom stereocenters. The first-order valence-corrected chi connectivity index (χ1v) is 7.61. The molecule has 1 aliphatic carbocycles. The van der Waals surface area contributed by atoms with Gasteiger partial charge in [0, 0.05) is 27.3 Å². The fourth-order valence-electron chi connectivity index (χ4n) is 2.37. The molecule has 0 heterocycles. The maximum atomic E-state index is 12.9. The van der Waals surface area contributed by atoms with Crippen molar-refractivity contribution >= 4 is 11.6 Å². The van der Waals surface area contributed by atoms with Crippen LogP contribution in [0.25, 0.3) is 0 Å². The van der Waals surface area contributed by atoms with Gasteiger partial charge in [-0.25, -0.2) is 0 Å². The minimum atomic E-state index is -3.36. The topological polar surface area (TPSA) is 72.8 Å². The summed E-state index contributed by atoms with van der Waals surface area (Å²) in [5.74, 6) is -3.91. The minimum Gasteiger partial charge on any atom is -0.489 e. The highest BCUT2D eigenvalue weighted by Gasteiger charge is 2.34. The monoisotopic (exact) mass is 350 g/mol. The van der Waals surface area contributed by atoms with E-state index < -0.39 is 61.9 Å². The molecule has 0 aromatic carbocycles.